The molecule has 0 bridgehead atoms. The number of esters is 1. The lowest BCUT2D eigenvalue weighted by molar-refractivity contribution is -0.113. The van der Waals surface area contributed by atoms with E-state index < -0.39 is 0 Å². The molecule has 3 aromatic rings. The van der Waals surface area contributed by atoms with E-state index in [2.05, 4.69) is 0 Å². The van der Waals surface area contributed by atoms with E-state index in [9.17, 15) is 9.59 Å². The number of furan rings is 1. The highest BCUT2D eigenvalue weighted by Gasteiger charge is 2.33. The Morgan fingerprint density at radius 2 is 1.81 bits per heavy atom. The van der Waals surface area contributed by atoms with Crippen LogP contribution in [0.3, 0.4) is 0 Å². The van der Waals surface area contributed by atoms with Crippen molar-refractivity contribution >= 4 is 51.9 Å². The number of thiocarbonyl (C=S) groups is 1. The van der Waals surface area contributed by atoms with E-state index in [0.29, 0.717) is 32.9 Å². The molecule has 31 heavy (non-hydrogen) atoms. The minimum absolute atomic E-state index is 0.171. The van der Waals surface area contributed by atoms with Gasteiger partial charge < -0.3 is 9.15 Å². The summed E-state index contributed by atoms with van der Waals surface area (Å²) in [5.74, 6) is 0.657. The number of hydrogen-bond donors (Lipinski definition) is 0. The van der Waals surface area contributed by atoms with Gasteiger partial charge in [0.2, 0.25) is 0 Å². The van der Waals surface area contributed by atoms with Crippen LogP contribution in [0.15, 0.2) is 70.0 Å². The van der Waals surface area contributed by atoms with Crippen LogP contribution in [-0.2, 0) is 9.53 Å². The van der Waals surface area contributed by atoms with Crippen molar-refractivity contribution in [3.63, 3.8) is 0 Å². The Kier molecular flexibility index (Phi) is 6.06. The monoisotopic (exact) mass is 449 g/mol. The van der Waals surface area contributed by atoms with E-state index in [4.69, 9.17) is 21.4 Å². The molecule has 4 rings (SSSR count). The summed E-state index contributed by atoms with van der Waals surface area (Å²) in [7, 11) is 0. The molecule has 0 atom stereocenters. The fraction of sp³-hybridized carbons (Fsp3) is 0.125. The quantitative estimate of drug-likeness (QED) is 0.277. The molecule has 0 unspecified atom stereocenters. The van der Waals surface area contributed by atoms with Crippen molar-refractivity contribution in [1.29, 1.82) is 0 Å². The molecule has 1 fully saturated rings. The molecule has 0 N–H and O–H groups in total. The third-order valence-corrected chi connectivity index (χ3v) is 5.97. The summed E-state index contributed by atoms with van der Waals surface area (Å²) in [6.07, 6.45) is 1.70. The molecule has 156 valence electrons. The van der Waals surface area contributed by atoms with Gasteiger partial charge >= 0.3 is 5.97 Å². The smallest absolute Gasteiger partial charge is 0.338 e. The molecule has 2 heterocycles. The molecule has 2 aromatic carbocycles. The second-order valence-corrected chi connectivity index (χ2v) is 8.53. The number of anilines is 1. The lowest BCUT2D eigenvalue weighted by Crippen LogP contribution is -2.27. The van der Waals surface area contributed by atoms with E-state index >= 15 is 0 Å². The van der Waals surface area contributed by atoms with Gasteiger partial charge in [0.1, 0.15) is 11.5 Å². The summed E-state index contributed by atoms with van der Waals surface area (Å²) in [6.45, 7) is 4.09. The molecule has 1 aliphatic rings. The van der Waals surface area contributed by atoms with Crippen LogP contribution in [-0.4, -0.2) is 22.8 Å². The van der Waals surface area contributed by atoms with Crippen LogP contribution in [0.1, 0.15) is 28.6 Å². The van der Waals surface area contributed by atoms with Crippen LogP contribution in [0.4, 0.5) is 5.69 Å². The number of hydrogen-bond acceptors (Lipinski definition) is 6. The number of rotatable bonds is 5. The van der Waals surface area contributed by atoms with E-state index in [1.807, 2.05) is 37.3 Å². The Morgan fingerprint density at radius 3 is 2.48 bits per heavy atom. The van der Waals surface area contributed by atoms with Crippen LogP contribution in [0, 0.1) is 6.92 Å². The Labute approximate surface area is 189 Å². The molecule has 5 nitrogen and oxygen atoms in total. The lowest BCUT2D eigenvalue weighted by atomic mass is 10.1. The van der Waals surface area contributed by atoms with Gasteiger partial charge in [-0.1, -0.05) is 53.8 Å². The van der Waals surface area contributed by atoms with Gasteiger partial charge in [-0.15, -0.1) is 0 Å². The Bertz CT molecular complexity index is 1180. The molecular weight excluding hydrogens is 430 g/mol. The van der Waals surface area contributed by atoms with Gasteiger partial charge in [0.05, 0.1) is 22.8 Å². The van der Waals surface area contributed by atoms with Crippen LogP contribution in [0.2, 0.25) is 0 Å². The average molecular weight is 450 g/mol. The zero-order chi connectivity index (χ0) is 22.0. The summed E-state index contributed by atoms with van der Waals surface area (Å²) in [5, 5.41) is 0. The first kappa shape index (κ1) is 21.1. The first-order valence-corrected chi connectivity index (χ1v) is 10.9. The Hall–Kier alpha value is -3.16. The number of carbonyl (C=O) groups is 2. The molecule has 7 heteroatoms. The second kappa shape index (κ2) is 8.91. The molecule has 1 aromatic heterocycles. The predicted molar refractivity (Wildman–Crippen MR) is 127 cm³/mol. The van der Waals surface area contributed by atoms with Gasteiger partial charge in [-0.25, -0.2) is 4.79 Å². The van der Waals surface area contributed by atoms with E-state index in [1.165, 1.54) is 16.7 Å². The summed E-state index contributed by atoms with van der Waals surface area (Å²) in [4.78, 5) is 26.7. The van der Waals surface area contributed by atoms with Crippen molar-refractivity contribution in [2.75, 3.05) is 11.5 Å². The molecule has 0 radical (unpaired) electrons. The first-order chi connectivity index (χ1) is 15.0. The van der Waals surface area contributed by atoms with Crippen LogP contribution in [0.25, 0.3) is 17.4 Å². The predicted octanol–water partition coefficient (Wildman–Crippen LogP) is 5.84. The van der Waals surface area contributed by atoms with Gasteiger partial charge in [-0.3, -0.25) is 9.69 Å². The van der Waals surface area contributed by atoms with Crippen molar-refractivity contribution in [2.24, 2.45) is 0 Å². The topological polar surface area (TPSA) is 59.8 Å². The highest BCUT2D eigenvalue weighted by atomic mass is 32.2. The van der Waals surface area contributed by atoms with Crippen LogP contribution in [0.5, 0.6) is 0 Å². The Morgan fingerprint density at radius 1 is 1.10 bits per heavy atom. The van der Waals surface area contributed by atoms with Crippen LogP contribution < -0.4 is 4.90 Å². The minimum Gasteiger partial charge on any atom is -0.462 e. The zero-order valence-electron chi connectivity index (χ0n) is 17.0. The maximum atomic E-state index is 12.9. The van der Waals surface area contributed by atoms with E-state index in [-0.39, 0.29) is 11.9 Å². The molecule has 1 saturated heterocycles. The average Bonchev–Trinajstić information content (AvgIpc) is 3.34. The fourth-order valence-electron chi connectivity index (χ4n) is 3.08. The first-order valence-electron chi connectivity index (χ1n) is 9.68. The van der Waals surface area contributed by atoms with Crippen LogP contribution >= 0.6 is 24.0 Å². The standard InChI is InChI=1S/C24H19NO4S2/c1-3-28-23(27)17-8-6-16(7-9-17)20-13-12-19(29-20)14-21-22(26)25(24(30)31-21)18-10-4-15(2)5-11-18/h4-14H,3H2,1-2H3. The van der Waals surface area contributed by atoms with Gasteiger partial charge in [-0.2, -0.15) is 0 Å². The number of thioether (sulfide) groups is 1. The lowest BCUT2D eigenvalue weighted by Gasteiger charge is -2.14. The van der Waals surface area contributed by atoms with Crippen molar-refractivity contribution in [1.82, 2.24) is 0 Å². The normalized spacial score (nSPS) is 15.0. The maximum Gasteiger partial charge on any atom is 0.338 e. The minimum atomic E-state index is -0.357. The number of carbonyl (C=O) groups excluding carboxylic acids is 2. The van der Waals surface area contributed by atoms with Gasteiger partial charge in [-0.05, 0) is 50.2 Å². The number of amides is 1. The summed E-state index contributed by atoms with van der Waals surface area (Å²) < 4.78 is 11.4. The summed E-state index contributed by atoms with van der Waals surface area (Å²) in [5.41, 5.74) is 3.17. The maximum absolute atomic E-state index is 12.9. The number of benzene rings is 2. The molecule has 1 aliphatic heterocycles. The van der Waals surface area contributed by atoms with E-state index in [1.54, 1.807) is 43.3 Å². The largest absolute Gasteiger partial charge is 0.462 e. The van der Waals surface area contributed by atoms with Crippen molar-refractivity contribution in [3.8, 4) is 11.3 Å². The van der Waals surface area contributed by atoms with Crippen molar-refractivity contribution in [2.45, 2.75) is 13.8 Å². The van der Waals surface area contributed by atoms with Crippen molar-refractivity contribution in [3.05, 3.63) is 82.5 Å². The zero-order valence-corrected chi connectivity index (χ0v) is 18.6. The second-order valence-electron chi connectivity index (χ2n) is 6.85. The highest BCUT2D eigenvalue weighted by molar-refractivity contribution is 8.27. The summed E-state index contributed by atoms with van der Waals surface area (Å²) >= 11 is 6.67. The molecular formula is C24H19NO4S2. The fourth-order valence-corrected chi connectivity index (χ4v) is 4.36. The highest BCUT2D eigenvalue weighted by Crippen LogP contribution is 2.36. The number of nitrogens with zero attached hydrogens (tertiary/aromatic N) is 1. The van der Waals surface area contributed by atoms with Gasteiger partial charge in [0.15, 0.2) is 4.32 Å². The van der Waals surface area contributed by atoms with E-state index in [0.717, 1.165) is 16.8 Å². The van der Waals surface area contributed by atoms with Gasteiger partial charge in [0, 0.05) is 11.6 Å². The SMILES string of the molecule is CCOC(=O)c1ccc(-c2ccc(C=C3SC(=S)N(c4ccc(C)cc4)C3=O)o2)cc1. The number of ether oxygens (including phenoxy) is 1. The van der Waals surface area contributed by atoms with Crippen molar-refractivity contribution < 1.29 is 18.7 Å². The molecule has 1 amide bonds. The molecule has 0 aliphatic carbocycles. The molecule has 0 saturated carbocycles. The molecule has 0 spiro atoms. The number of aryl methyl sites for hydroxylation is 1. The Balaban J connectivity index is 1.53. The summed E-state index contributed by atoms with van der Waals surface area (Å²) in [6, 6.07) is 18.3. The third kappa shape index (κ3) is 4.47. The van der Waals surface area contributed by atoms with Gasteiger partial charge in [0.25, 0.3) is 5.91 Å². The third-order valence-electron chi connectivity index (χ3n) is 4.67.